The minimum Gasteiger partial charge on any atom is -0.445 e. The van der Waals surface area contributed by atoms with Crippen LogP contribution in [0, 0.1) is 11.3 Å². The Morgan fingerprint density at radius 3 is 2.53 bits per heavy atom. The number of aliphatic hydroxyl groups is 2. The lowest BCUT2D eigenvalue weighted by Gasteiger charge is -2.19. The van der Waals surface area contributed by atoms with Crippen molar-refractivity contribution in [1.29, 1.82) is 5.26 Å². The molecule has 0 aliphatic heterocycles. The number of amides is 1. The smallest absolute Gasteiger partial charge is 0.407 e. The normalized spacial score (nSPS) is 12.6. The third kappa shape index (κ3) is 4.94. The molecular formula is C21H21N5O4. The first-order valence-electron chi connectivity index (χ1n) is 9.14. The Bertz CT molecular complexity index is 1030. The number of nitrogens with two attached hydrogens (primary N) is 1. The topological polar surface area (TPSA) is 146 Å². The molecule has 0 fully saturated rings. The van der Waals surface area contributed by atoms with Crippen molar-refractivity contribution in [3.8, 4) is 11.8 Å². The zero-order chi connectivity index (χ0) is 21.5. The summed E-state index contributed by atoms with van der Waals surface area (Å²) in [7, 11) is 0. The molecule has 1 heterocycles. The van der Waals surface area contributed by atoms with Crippen LogP contribution in [0.2, 0.25) is 0 Å². The van der Waals surface area contributed by atoms with Crippen LogP contribution in [0.25, 0.3) is 5.69 Å². The fourth-order valence-corrected chi connectivity index (χ4v) is 2.76. The molecule has 1 aromatic heterocycles. The Kier molecular flexibility index (Phi) is 6.64. The van der Waals surface area contributed by atoms with Gasteiger partial charge in [0, 0.05) is 6.54 Å². The maximum Gasteiger partial charge on any atom is 0.407 e. The standard InChI is InChI=1S/C21H21N5O4/c22-10-16-11-25-26(20(16)23)17-8-6-15(7-9-17)19(28)18(27)12-24-21(29)30-13-14-4-2-1-3-5-14/h1-9,11,18-19,27-28H,12-13,23H2,(H,24,29). The first kappa shape index (κ1) is 20.9. The maximum atomic E-state index is 11.8. The lowest BCUT2D eigenvalue weighted by atomic mass is 10.0. The number of alkyl carbamates (subject to hydrolysis) is 1. The van der Waals surface area contributed by atoms with Crippen LogP contribution in [0.5, 0.6) is 0 Å². The van der Waals surface area contributed by atoms with E-state index in [4.69, 9.17) is 15.7 Å². The molecule has 2 aromatic carbocycles. The van der Waals surface area contributed by atoms with Crippen molar-refractivity contribution in [1.82, 2.24) is 15.1 Å². The summed E-state index contributed by atoms with van der Waals surface area (Å²) >= 11 is 0. The molecule has 0 aliphatic carbocycles. The molecule has 0 spiro atoms. The lowest BCUT2D eigenvalue weighted by molar-refractivity contribution is 0.0184. The number of ether oxygens (including phenoxy) is 1. The average Bonchev–Trinajstić information content (AvgIpc) is 3.16. The molecule has 3 rings (SSSR count). The van der Waals surface area contributed by atoms with Gasteiger partial charge in [-0.1, -0.05) is 42.5 Å². The van der Waals surface area contributed by atoms with E-state index in [1.165, 1.54) is 10.9 Å². The first-order chi connectivity index (χ1) is 14.5. The molecule has 0 bridgehead atoms. The summed E-state index contributed by atoms with van der Waals surface area (Å²) in [6, 6.07) is 17.6. The third-order valence-electron chi connectivity index (χ3n) is 4.44. The zero-order valence-corrected chi connectivity index (χ0v) is 16.0. The molecule has 5 N–H and O–H groups in total. The number of nitrogen functional groups attached to an aromatic ring is 1. The van der Waals surface area contributed by atoms with Crippen LogP contribution >= 0.6 is 0 Å². The summed E-state index contributed by atoms with van der Waals surface area (Å²) in [6.07, 6.45) is -1.79. The average molecular weight is 407 g/mol. The van der Waals surface area contributed by atoms with E-state index in [0.29, 0.717) is 11.3 Å². The number of aromatic nitrogens is 2. The summed E-state index contributed by atoms with van der Waals surface area (Å²) in [4.78, 5) is 11.8. The highest BCUT2D eigenvalue weighted by atomic mass is 16.5. The number of hydrogen-bond donors (Lipinski definition) is 4. The predicted octanol–water partition coefficient (Wildman–Crippen LogP) is 1.65. The molecular weight excluding hydrogens is 386 g/mol. The number of nitriles is 1. The van der Waals surface area contributed by atoms with Crippen molar-refractivity contribution >= 4 is 11.9 Å². The highest BCUT2D eigenvalue weighted by molar-refractivity contribution is 5.67. The van der Waals surface area contributed by atoms with Gasteiger partial charge < -0.3 is 26.0 Å². The minimum atomic E-state index is -1.24. The van der Waals surface area contributed by atoms with Gasteiger partial charge in [-0.25, -0.2) is 9.48 Å². The van der Waals surface area contributed by atoms with Crippen LogP contribution in [0.15, 0.2) is 60.8 Å². The molecule has 3 aromatic rings. The summed E-state index contributed by atoms with van der Waals surface area (Å²) in [5, 5.41) is 35.9. The van der Waals surface area contributed by atoms with Crippen molar-refractivity contribution in [3.63, 3.8) is 0 Å². The van der Waals surface area contributed by atoms with E-state index in [1.54, 1.807) is 24.3 Å². The molecule has 30 heavy (non-hydrogen) atoms. The summed E-state index contributed by atoms with van der Waals surface area (Å²) < 4.78 is 6.46. The number of nitrogens with one attached hydrogen (secondary N) is 1. The number of anilines is 1. The van der Waals surface area contributed by atoms with Gasteiger partial charge in [-0.05, 0) is 23.3 Å². The predicted molar refractivity (Wildman–Crippen MR) is 108 cm³/mol. The van der Waals surface area contributed by atoms with Gasteiger partial charge in [0.15, 0.2) is 0 Å². The molecule has 9 nitrogen and oxygen atoms in total. The van der Waals surface area contributed by atoms with Crippen LogP contribution in [0.1, 0.15) is 22.8 Å². The first-order valence-corrected chi connectivity index (χ1v) is 9.14. The Hall–Kier alpha value is -3.87. The lowest BCUT2D eigenvalue weighted by Crippen LogP contribution is -2.35. The largest absolute Gasteiger partial charge is 0.445 e. The summed E-state index contributed by atoms with van der Waals surface area (Å²) in [5.41, 5.74) is 8.00. The van der Waals surface area contributed by atoms with Crippen LogP contribution in [0.3, 0.4) is 0 Å². The van der Waals surface area contributed by atoms with Gasteiger partial charge in [-0.2, -0.15) is 10.4 Å². The number of aliphatic hydroxyl groups excluding tert-OH is 2. The summed E-state index contributed by atoms with van der Waals surface area (Å²) in [5.74, 6) is 0.212. The Morgan fingerprint density at radius 1 is 1.20 bits per heavy atom. The number of carbonyl (C=O) groups is 1. The second-order valence-corrected chi connectivity index (χ2v) is 6.51. The van der Waals surface area contributed by atoms with Crippen molar-refractivity contribution in [3.05, 3.63) is 77.5 Å². The zero-order valence-electron chi connectivity index (χ0n) is 16.0. The fraction of sp³-hybridized carbons (Fsp3) is 0.190. The van der Waals surface area contributed by atoms with Crippen LogP contribution < -0.4 is 11.1 Å². The summed E-state index contributed by atoms with van der Waals surface area (Å²) in [6.45, 7) is -0.0783. The van der Waals surface area contributed by atoms with E-state index in [1.807, 2.05) is 36.4 Å². The Morgan fingerprint density at radius 2 is 1.90 bits per heavy atom. The third-order valence-corrected chi connectivity index (χ3v) is 4.44. The Balaban J connectivity index is 1.52. The van der Waals surface area contributed by atoms with Gasteiger partial charge in [0.1, 0.15) is 36.3 Å². The van der Waals surface area contributed by atoms with Gasteiger partial charge >= 0.3 is 6.09 Å². The molecule has 0 saturated heterocycles. The molecule has 154 valence electrons. The number of nitrogens with zero attached hydrogens (tertiary/aromatic N) is 3. The highest BCUT2D eigenvalue weighted by Gasteiger charge is 2.20. The van der Waals surface area contributed by atoms with E-state index in [0.717, 1.165) is 5.56 Å². The molecule has 2 atom stereocenters. The van der Waals surface area contributed by atoms with Crippen molar-refractivity contribution in [2.45, 2.75) is 18.8 Å². The quantitative estimate of drug-likeness (QED) is 0.466. The number of carbonyl (C=O) groups excluding carboxylic acids is 1. The molecule has 1 amide bonds. The Labute approximate surface area is 172 Å². The van der Waals surface area contributed by atoms with Crippen molar-refractivity contribution in [2.75, 3.05) is 12.3 Å². The number of rotatable bonds is 7. The SMILES string of the molecule is N#Cc1cnn(-c2ccc(C(O)C(O)CNC(=O)OCc3ccccc3)cc2)c1N. The second-order valence-electron chi connectivity index (χ2n) is 6.51. The molecule has 0 radical (unpaired) electrons. The van der Waals surface area contributed by atoms with E-state index in [2.05, 4.69) is 10.4 Å². The van der Waals surface area contributed by atoms with Gasteiger partial charge in [0.25, 0.3) is 0 Å². The monoisotopic (exact) mass is 407 g/mol. The number of benzene rings is 2. The molecule has 0 saturated carbocycles. The van der Waals surface area contributed by atoms with Crippen molar-refractivity contribution in [2.24, 2.45) is 0 Å². The highest BCUT2D eigenvalue weighted by Crippen LogP contribution is 2.21. The molecule has 0 aliphatic rings. The molecule has 2 unspecified atom stereocenters. The minimum absolute atomic E-state index is 0.108. The van der Waals surface area contributed by atoms with E-state index in [-0.39, 0.29) is 24.5 Å². The van der Waals surface area contributed by atoms with Gasteiger partial charge in [0.05, 0.1) is 11.9 Å². The van der Waals surface area contributed by atoms with E-state index in [9.17, 15) is 15.0 Å². The van der Waals surface area contributed by atoms with Crippen LogP contribution in [-0.4, -0.2) is 38.7 Å². The van der Waals surface area contributed by atoms with Crippen LogP contribution in [0.4, 0.5) is 10.6 Å². The molecule has 9 heteroatoms. The van der Waals surface area contributed by atoms with Gasteiger partial charge in [-0.3, -0.25) is 0 Å². The van der Waals surface area contributed by atoms with Gasteiger partial charge in [0.2, 0.25) is 0 Å². The van der Waals surface area contributed by atoms with E-state index >= 15 is 0 Å². The fourth-order valence-electron chi connectivity index (χ4n) is 2.76. The number of hydrogen-bond acceptors (Lipinski definition) is 7. The van der Waals surface area contributed by atoms with E-state index < -0.39 is 18.3 Å². The van der Waals surface area contributed by atoms with Crippen molar-refractivity contribution < 1.29 is 19.7 Å². The second kappa shape index (κ2) is 9.56. The van der Waals surface area contributed by atoms with Crippen LogP contribution in [-0.2, 0) is 11.3 Å². The maximum absolute atomic E-state index is 11.8. The van der Waals surface area contributed by atoms with Gasteiger partial charge in [-0.15, -0.1) is 0 Å².